The molecule has 5 saturated carbocycles. The Morgan fingerprint density at radius 2 is 1.41 bits per heavy atom. The highest BCUT2D eigenvalue weighted by molar-refractivity contribution is 5.75. The Morgan fingerprint density at radius 1 is 0.765 bits per heavy atom. The number of aliphatic carboxylic acids is 1. The van der Waals surface area contributed by atoms with Crippen LogP contribution < -0.4 is 0 Å². The number of aliphatic hydroxyl groups is 2. The molecular formula is C30H50O4. The fraction of sp³-hybridized carbons (Fsp3) is 0.967. The van der Waals surface area contributed by atoms with E-state index < -0.39 is 17.5 Å². The number of carboxylic acid groups (broad SMARTS) is 1. The average molecular weight is 475 g/mol. The Kier molecular flexibility index (Phi) is 5.34. The van der Waals surface area contributed by atoms with Crippen molar-refractivity contribution in [1.82, 2.24) is 0 Å². The van der Waals surface area contributed by atoms with Gasteiger partial charge in [0.1, 0.15) is 0 Å². The minimum Gasteiger partial charge on any atom is -0.481 e. The van der Waals surface area contributed by atoms with Crippen LogP contribution in [0.15, 0.2) is 0 Å². The van der Waals surface area contributed by atoms with Crippen molar-refractivity contribution in [2.45, 2.75) is 125 Å². The number of rotatable bonds is 1. The lowest BCUT2D eigenvalue weighted by Gasteiger charge is -2.74. The molecule has 5 unspecified atom stereocenters. The maximum atomic E-state index is 12.8. The number of hydrogen-bond donors (Lipinski definition) is 3. The van der Waals surface area contributed by atoms with Crippen LogP contribution in [-0.2, 0) is 4.79 Å². The molecule has 0 spiro atoms. The summed E-state index contributed by atoms with van der Waals surface area (Å²) >= 11 is 0. The Hall–Kier alpha value is -0.610. The van der Waals surface area contributed by atoms with Crippen molar-refractivity contribution in [2.24, 2.45) is 56.2 Å². The summed E-state index contributed by atoms with van der Waals surface area (Å²) in [5, 5.41) is 33.4. The van der Waals surface area contributed by atoms with Crippen molar-refractivity contribution in [1.29, 1.82) is 0 Å². The van der Waals surface area contributed by atoms with Crippen LogP contribution in [-0.4, -0.2) is 33.5 Å². The van der Waals surface area contributed by atoms with E-state index in [9.17, 15) is 20.1 Å². The maximum absolute atomic E-state index is 12.8. The second-order valence-electron chi connectivity index (χ2n) is 15.6. The van der Waals surface area contributed by atoms with Gasteiger partial charge < -0.3 is 15.3 Å². The Morgan fingerprint density at radius 3 is 2.06 bits per heavy atom. The van der Waals surface area contributed by atoms with E-state index in [2.05, 4.69) is 48.5 Å². The zero-order valence-electron chi connectivity index (χ0n) is 22.8. The minimum absolute atomic E-state index is 0.0513. The third-order valence-corrected chi connectivity index (χ3v) is 13.6. The minimum atomic E-state index is -0.665. The van der Waals surface area contributed by atoms with E-state index >= 15 is 0 Å². The molecule has 5 fully saturated rings. The monoisotopic (exact) mass is 474 g/mol. The number of hydrogen-bond acceptors (Lipinski definition) is 3. The molecule has 0 aromatic rings. The zero-order valence-corrected chi connectivity index (χ0v) is 22.8. The molecular weight excluding hydrogens is 424 g/mol. The van der Waals surface area contributed by atoms with Gasteiger partial charge in [-0.05, 0) is 115 Å². The van der Waals surface area contributed by atoms with Crippen LogP contribution in [0.5, 0.6) is 0 Å². The number of carbonyl (C=O) groups is 1. The first kappa shape index (κ1) is 25.1. The van der Waals surface area contributed by atoms with Crippen LogP contribution in [0.2, 0.25) is 0 Å². The standard InChI is InChI=1S/C30H50O4/c1-25(2)12-14-30(24(33)34)15-13-29(7)23(18(30)17-25)19(31)16-21-27(5)10-9-22(32)26(3,4)20(27)8-11-28(21,29)6/h18-23,31-32H,8-17H2,1-7H3,(H,33,34)/t18?,19?,20?,21?,22-,23?,27-,28+,29+,30-/m0/s1. The van der Waals surface area contributed by atoms with Crippen LogP contribution in [0.25, 0.3) is 0 Å². The lowest BCUT2D eigenvalue weighted by molar-refractivity contribution is -0.278. The molecule has 0 aliphatic heterocycles. The molecule has 4 heteroatoms. The van der Waals surface area contributed by atoms with Gasteiger partial charge in [-0.25, -0.2) is 0 Å². The first-order valence-corrected chi connectivity index (χ1v) is 14.1. The fourth-order valence-corrected chi connectivity index (χ4v) is 11.4. The van der Waals surface area contributed by atoms with Crippen molar-refractivity contribution >= 4 is 5.97 Å². The predicted molar refractivity (Wildman–Crippen MR) is 134 cm³/mol. The second kappa shape index (κ2) is 7.24. The van der Waals surface area contributed by atoms with Crippen molar-refractivity contribution < 1.29 is 20.1 Å². The molecule has 0 aromatic heterocycles. The van der Waals surface area contributed by atoms with E-state index in [1.165, 1.54) is 0 Å². The largest absolute Gasteiger partial charge is 0.481 e. The molecule has 10 atom stereocenters. The Labute approximate surface area is 207 Å². The maximum Gasteiger partial charge on any atom is 0.309 e. The smallest absolute Gasteiger partial charge is 0.309 e. The summed E-state index contributed by atoms with van der Waals surface area (Å²) in [5.41, 5.74) is -0.491. The highest BCUT2D eigenvalue weighted by Crippen LogP contribution is 2.77. The molecule has 194 valence electrons. The normalized spacial score (nSPS) is 55.8. The molecule has 34 heavy (non-hydrogen) atoms. The molecule has 0 saturated heterocycles. The predicted octanol–water partition coefficient (Wildman–Crippen LogP) is 6.28. The van der Waals surface area contributed by atoms with E-state index in [1.54, 1.807) is 0 Å². The van der Waals surface area contributed by atoms with Gasteiger partial charge in [0.05, 0.1) is 17.6 Å². The van der Waals surface area contributed by atoms with Crippen molar-refractivity contribution in [3.8, 4) is 0 Å². The van der Waals surface area contributed by atoms with Gasteiger partial charge in [0.15, 0.2) is 0 Å². The first-order valence-electron chi connectivity index (χ1n) is 14.1. The molecule has 3 N–H and O–H groups in total. The summed E-state index contributed by atoms with van der Waals surface area (Å²) in [5.74, 6) is 0.365. The summed E-state index contributed by atoms with van der Waals surface area (Å²) in [4.78, 5) is 12.8. The van der Waals surface area contributed by atoms with E-state index in [1.807, 2.05) is 0 Å². The molecule has 0 heterocycles. The summed E-state index contributed by atoms with van der Waals surface area (Å²) in [6.45, 7) is 16.5. The van der Waals surface area contributed by atoms with Crippen molar-refractivity contribution in [3.05, 3.63) is 0 Å². The van der Waals surface area contributed by atoms with Crippen molar-refractivity contribution in [3.63, 3.8) is 0 Å². The quantitative estimate of drug-likeness (QED) is 0.418. The molecule has 0 radical (unpaired) electrons. The van der Waals surface area contributed by atoms with Crippen LogP contribution >= 0.6 is 0 Å². The van der Waals surface area contributed by atoms with E-state index in [0.29, 0.717) is 11.8 Å². The molecule has 0 aromatic carbocycles. The van der Waals surface area contributed by atoms with Gasteiger partial charge in [-0.1, -0.05) is 48.5 Å². The molecule has 0 amide bonds. The first-order chi connectivity index (χ1) is 15.6. The molecule has 0 bridgehead atoms. The molecule has 5 aliphatic carbocycles. The van der Waals surface area contributed by atoms with Crippen LogP contribution in [0.1, 0.15) is 113 Å². The molecule has 5 rings (SSSR count). The van der Waals surface area contributed by atoms with Crippen LogP contribution in [0.3, 0.4) is 0 Å². The number of fused-ring (bicyclic) bond motifs is 7. The lowest BCUT2D eigenvalue weighted by Crippen LogP contribution is -2.70. The van der Waals surface area contributed by atoms with Gasteiger partial charge in [0.2, 0.25) is 0 Å². The van der Waals surface area contributed by atoms with Gasteiger partial charge in [-0.15, -0.1) is 0 Å². The van der Waals surface area contributed by atoms with Gasteiger partial charge in [-0.3, -0.25) is 4.79 Å². The van der Waals surface area contributed by atoms with Crippen molar-refractivity contribution in [2.75, 3.05) is 0 Å². The van der Waals surface area contributed by atoms with E-state index in [0.717, 1.165) is 64.2 Å². The average Bonchev–Trinajstić information content (AvgIpc) is 2.72. The summed E-state index contributed by atoms with van der Waals surface area (Å²) in [6, 6.07) is 0. The topological polar surface area (TPSA) is 77.8 Å². The summed E-state index contributed by atoms with van der Waals surface area (Å²) in [7, 11) is 0. The third-order valence-electron chi connectivity index (χ3n) is 13.6. The summed E-state index contributed by atoms with van der Waals surface area (Å²) < 4.78 is 0. The van der Waals surface area contributed by atoms with Crippen LogP contribution in [0, 0.1) is 56.2 Å². The SMILES string of the molecule is CC1(C)CC[C@]2(C(=O)O)CC[C@]3(C)C(C(O)CC4[C@@]5(C)CC[C@H](O)C(C)(C)C5CC[C@]43C)C2C1. The van der Waals surface area contributed by atoms with Gasteiger partial charge in [0.25, 0.3) is 0 Å². The summed E-state index contributed by atoms with van der Waals surface area (Å²) in [6.07, 6.45) is 8.56. The van der Waals surface area contributed by atoms with E-state index in [4.69, 9.17) is 0 Å². The molecule has 5 aliphatic rings. The van der Waals surface area contributed by atoms with E-state index in [-0.39, 0.29) is 45.0 Å². The van der Waals surface area contributed by atoms with Gasteiger partial charge in [-0.2, -0.15) is 0 Å². The number of aliphatic hydroxyl groups excluding tert-OH is 2. The third kappa shape index (κ3) is 2.93. The second-order valence-corrected chi connectivity index (χ2v) is 15.6. The Bertz CT molecular complexity index is 864. The highest BCUT2D eigenvalue weighted by Gasteiger charge is 2.72. The van der Waals surface area contributed by atoms with Gasteiger partial charge in [0, 0.05) is 0 Å². The lowest BCUT2D eigenvalue weighted by atomic mass is 9.31. The zero-order chi connectivity index (χ0) is 25.1. The number of carboxylic acids is 1. The highest BCUT2D eigenvalue weighted by atomic mass is 16.4. The molecule has 4 nitrogen and oxygen atoms in total. The van der Waals surface area contributed by atoms with Crippen LogP contribution in [0.4, 0.5) is 0 Å². The fourth-order valence-electron chi connectivity index (χ4n) is 11.4. The van der Waals surface area contributed by atoms with Gasteiger partial charge >= 0.3 is 5.97 Å². The Balaban J connectivity index is 1.59.